The van der Waals surface area contributed by atoms with E-state index in [1.165, 1.54) is 11.8 Å². The van der Waals surface area contributed by atoms with Gasteiger partial charge in [-0.05, 0) is 42.1 Å². The molecule has 0 atom stereocenters. The molecule has 4 nitrogen and oxygen atoms in total. The highest BCUT2D eigenvalue weighted by Crippen LogP contribution is 2.31. The Morgan fingerprint density at radius 3 is 2.81 bits per heavy atom. The van der Waals surface area contributed by atoms with Crippen molar-refractivity contribution in [3.05, 3.63) is 53.2 Å². The molecule has 1 aliphatic heterocycles. The van der Waals surface area contributed by atoms with Crippen molar-refractivity contribution < 1.29 is 5.11 Å². The Labute approximate surface area is 132 Å². The molecule has 3 rings (SSSR count). The third-order valence-corrected chi connectivity index (χ3v) is 4.46. The second-order valence-corrected chi connectivity index (χ2v) is 5.91. The Hall–Kier alpha value is -1.56. The minimum Gasteiger partial charge on any atom is -0.395 e. The largest absolute Gasteiger partial charge is 0.395 e. The first-order chi connectivity index (χ1) is 10.3. The predicted octanol–water partition coefficient (Wildman–Crippen LogP) is 3.20. The van der Waals surface area contributed by atoms with Gasteiger partial charge in [0.15, 0.2) is 5.17 Å². The maximum absolute atomic E-state index is 9.33. The number of pyridine rings is 1. The van der Waals surface area contributed by atoms with E-state index in [-0.39, 0.29) is 6.61 Å². The molecule has 1 N–H and O–H groups in total. The molecule has 21 heavy (non-hydrogen) atoms. The number of aromatic nitrogens is 1. The number of hydrogen-bond donors (Lipinski definition) is 1. The van der Waals surface area contributed by atoms with Gasteiger partial charge >= 0.3 is 0 Å². The number of aliphatic hydroxyl groups excluding tert-OH is 1. The van der Waals surface area contributed by atoms with Gasteiger partial charge in [0.2, 0.25) is 0 Å². The van der Waals surface area contributed by atoms with Gasteiger partial charge in [0, 0.05) is 29.0 Å². The lowest BCUT2D eigenvalue weighted by molar-refractivity contribution is 0.306. The number of amidine groups is 1. The number of halogens is 1. The fourth-order valence-corrected chi connectivity index (χ4v) is 3.22. The number of anilines is 1. The van der Waals surface area contributed by atoms with Gasteiger partial charge in [0.25, 0.3) is 0 Å². The summed E-state index contributed by atoms with van der Waals surface area (Å²) in [6.45, 7) is 1.15. The second-order valence-electron chi connectivity index (χ2n) is 4.52. The van der Waals surface area contributed by atoms with Crippen LogP contribution in [0.4, 0.5) is 5.69 Å². The molecule has 0 aliphatic carbocycles. The van der Waals surface area contributed by atoms with Gasteiger partial charge < -0.3 is 10.0 Å². The molecule has 0 saturated carbocycles. The van der Waals surface area contributed by atoms with Crippen molar-refractivity contribution in [1.82, 2.24) is 4.98 Å². The maximum Gasteiger partial charge on any atom is 0.170 e. The fourth-order valence-electron chi connectivity index (χ4n) is 2.10. The van der Waals surface area contributed by atoms with E-state index in [1.54, 1.807) is 6.20 Å². The highest BCUT2D eigenvalue weighted by atomic mass is 35.5. The predicted molar refractivity (Wildman–Crippen MR) is 87.1 cm³/mol. The molecule has 0 spiro atoms. The Balaban J connectivity index is 1.88. The van der Waals surface area contributed by atoms with Gasteiger partial charge in [-0.2, -0.15) is 0 Å². The minimum absolute atomic E-state index is 0.0529. The third kappa shape index (κ3) is 3.20. The summed E-state index contributed by atoms with van der Waals surface area (Å²) in [5.74, 6) is 0. The van der Waals surface area contributed by atoms with Crippen molar-refractivity contribution in [3.8, 4) is 0 Å². The van der Waals surface area contributed by atoms with Crippen LogP contribution in [0, 0.1) is 0 Å². The smallest absolute Gasteiger partial charge is 0.170 e. The van der Waals surface area contributed by atoms with Crippen molar-refractivity contribution in [2.24, 2.45) is 4.99 Å². The lowest BCUT2D eigenvalue weighted by atomic mass is 10.3. The van der Waals surface area contributed by atoms with Gasteiger partial charge in [0.05, 0.1) is 13.2 Å². The van der Waals surface area contributed by atoms with Crippen LogP contribution in [0.15, 0.2) is 52.6 Å². The number of nitrogens with zero attached hydrogens (tertiary/aromatic N) is 3. The monoisotopic (exact) mass is 319 g/mol. The van der Waals surface area contributed by atoms with Crippen molar-refractivity contribution in [2.75, 3.05) is 18.1 Å². The molecule has 108 valence electrons. The van der Waals surface area contributed by atoms with Gasteiger partial charge in [-0.3, -0.25) is 4.99 Å². The van der Waals surface area contributed by atoms with Gasteiger partial charge in [-0.25, -0.2) is 4.98 Å². The van der Waals surface area contributed by atoms with E-state index in [1.807, 2.05) is 41.3 Å². The zero-order chi connectivity index (χ0) is 14.7. The molecule has 2 aromatic rings. The van der Waals surface area contributed by atoms with Crippen LogP contribution < -0.4 is 4.90 Å². The zero-order valence-corrected chi connectivity index (χ0v) is 12.8. The van der Waals surface area contributed by atoms with E-state index in [0.717, 1.165) is 21.4 Å². The van der Waals surface area contributed by atoms with Crippen LogP contribution in [0.1, 0.15) is 5.56 Å². The zero-order valence-electron chi connectivity index (χ0n) is 11.2. The highest BCUT2D eigenvalue weighted by Gasteiger charge is 2.20. The molecular weight excluding hydrogens is 306 g/mol. The number of fused-ring (bicyclic) bond motifs is 1. The van der Waals surface area contributed by atoms with Crippen molar-refractivity contribution >= 4 is 34.2 Å². The van der Waals surface area contributed by atoms with Crippen LogP contribution in [0.3, 0.4) is 0 Å². The van der Waals surface area contributed by atoms with Gasteiger partial charge in [-0.15, -0.1) is 0 Å². The molecule has 0 bridgehead atoms. The van der Waals surface area contributed by atoms with Crippen LogP contribution in [0.2, 0.25) is 5.02 Å². The van der Waals surface area contributed by atoms with Crippen LogP contribution in [0.25, 0.3) is 0 Å². The summed E-state index contributed by atoms with van der Waals surface area (Å²) >= 11 is 7.46. The van der Waals surface area contributed by atoms with Crippen LogP contribution in [-0.4, -0.2) is 28.4 Å². The number of aliphatic hydroxyl groups is 1. The van der Waals surface area contributed by atoms with Crippen LogP contribution >= 0.6 is 23.4 Å². The lowest BCUT2D eigenvalue weighted by Crippen LogP contribution is -2.32. The van der Waals surface area contributed by atoms with Gasteiger partial charge in [0.1, 0.15) is 5.03 Å². The van der Waals surface area contributed by atoms with Crippen LogP contribution in [0.5, 0.6) is 0 Å². The summed E-state index contributed by atoms with van der Waals surface area (Å²) in [6.07, 6.45) is 1.79. The van der Waals surface area contributed by atoms with Crippen LogP contribution in [-0.2, 0) is 6.54 Å². The molecule has 0 radical (unpaired) electrons. The average Bonchev–Trinajstić information content (AvgIpc) is 2.53. The summed E-state index contributed by atoms with van der Waals surface area (Å²) in [5.41, 5.74) is 2.09. The third-order valence-electron chi connectivity index (χ3n) is 3.12. The number of thioether (sulfide) groups is 1. The first kappa shape index (κ1) is 14.4. The molecule has 1 aliphatic rings. The van der Waals surface area contributed by atoms with E-state index in [0.29, 0.717) is 18.1 Å². The number of rotatable bonds is 3. The average molecular weight is 320 g/mol. The molecule has 6 heteroatoms. The molecule has 0 unspecified atom stereocenters. The van der Waals surface area contributed by atoms with Crippen molar-refractivity contribution in [1.29, 1.82) is 0 Å². The highest BCUT2D eigenvalue weighted by molar-refractivity contribution is 8.14. The normalized spacial score (nSPS) is 13.5. The summed E-state index contributed by atoms with van der Waals surface area (Å²) in [5, 5.41) is 11.8. The number of aliphatic imine (C=N–C) groups is 1. The minimum atomic E-state index is 0.0529. The maximum atomic E-state index is 9.33. The molecule has 0 amide bonds. The summed E-state index contributed by atoms with van der Waals surface area (Å²) in [7, 11) is 0. The lowest BCUT2D eigenvalue weighted by Gasteiger charge is -2.27. The van der Waals surface area contributed by atoms with Crippen molar-refractivity contribution in [2.45, 2.75) is 11.6 Å². The molecule has 0 saturated heterocycles. The quantitative estimate of drug-likeness (QED) is 0.944. The molecule has 1 aromatic carbocycles. The Morgan fingerprint density at radius 1 is 1.24 bits per heavy atom. The number of hydrogen-bond acceptors (Lipinski definition) is 5. The van der Waals surface area contributed by atoms with E-state index in [9.17, 15) is 5.11 Å². The molecule has 0 fully saturated rings. The summed E-state index contributed by atoms with van der Waals surface area (Å²) in [6, 6.07) is 11.5. The number of benzene rings is 1. The van der Waals surface area contributed by atoms with E-state index in [2.05, 4.69) is 9.98 Å². The summed E-state index contributed by atoms with van der Waals surface area (Å²) < 4.78 is 0. The molecule has 2 heterocycles. The van der Waals surface area contributed by atoms with Crippen molar-refractivity contribution in [3.63, 3.8) is 0 Å². The Kier molecular flexibility index (Phi) is 4.43. The fraction of sp³-hybridized carbons (Fsp3) is 0.200. The first-order valence-electron chi connectivity index (χ1n) is 6.58. The molecular formula is C15H14ClN3OS. The standard InChI is InChI=1S/C15H14ClN3OS/c16-12-3-5-13(6-4-12)19(8-9-20)15-18-10-11-2-1-7-17-14(11)21-15/h1-7,20H,8-10H2. The van der Waals surface area contributed by atoms with E-state index >= 15 is 0 Å². The topological polar surface area (TPSA) is 48.7 Å². The SMILES string of the molecule is OCCN(C1=NCc2cccnc2S1)c1ccc(Cl)cc1. The summed E-state index contributed by atoms with van der Waals surface area (Å²) in [4.78, 5) is 11.0. The first-order valence-corrected chi connectivity index (χ1v) is 7.77. The Bertz CT molecular complexity index is 660. The van der Waals surface area contributed by atoms with Gasteiger partial charge in [-0.1, -0.05) is 17.7 Å². The molecule has 1 aromatic heterocycles. The Morgan fingerprint density at radius 2 is 2.05 bits per heavy atom. The van der Waals surface area contributed by atoms with E-state index in [4.69, 9.17) is 11.6 Å². The van der Waals surface area contributed by atoms with E-state index < -0.39 is 0 Å². The second kappa shape index (κ2) is 6.47.